The lowest BCUT2D eigenvalue weighted by molar-refractivity contribution is -0.387. The molecule has 6 heteroatoms. The lowest BCUT2D eigenvalue weighted by Gasteiger charge is -2.00. The minimum absolute atomic E-state index is 0.124. The molecule has 0 saturated carbocycles. The van der Waals surface area contributed by atoms with Gasteiger partial charge in [-0.3, -0.25) is 15.1 Å². The number of aliphatic imine (C=N–C) groups is 1. The average molecular weight is 197 g/mol. The maximum absolute atomic E-state index is 13.0. The number of hydrogen-bond acceptors (Lipinski definition) is 4. The summed E-state index contributed by atoms with van der Waals surface area (Å²) >= 11 is 0. The molecule has 0 aliphatic carbocycles. The molecule has 0 aliphatic heterocycles. The summed E-state index contributed by atoms with van der Waals surface area (Å²) < 4.78 is 13.0. The second-order valence-electron chi connectivity index (χ2n) is 2.58. The molecule has 0 amide bonds. The Morgan fingerprint density at radius 3 is 2.79 bits per heavy atom. The van der Waals surface area contributed by atoms with Crippen LogP contribution in [-0.4, -0.2) is 18.2 Å². The van der Waals surface area contributed by atoms with E-state index in [0.717, 1.165) is 12.1 Å². The van der Waals surface area contributed by atoms with Crippen molar-refractivity contribution in [1.29, 1.82) is 0 Å². The number of nitrogens with two attached hydrogens (primary N) is 1. The van der Waals surface area contributed by atoms with Crippen LogP contribution in [0.1, 0.15) is 5.56 Å². The first-order valence-electron chi connectivity index (χ1n) is 3.72. The summed E-state index contributed by atoms with van der Waals surface area (Å²) in [6, 6.07) is 1.97. The van der Waals surface area contributed by atoms with Gasteiger partial charge in [0, 0.05) is 36.6 Å². The van der Waals surface area contributed by atoms with Gasteiger partial charge >= 0.3 is 5.69 Å². The van der Waals surface area contributed by atoms with Gasteiger partial charge < -0.3 is 5.73 Å². The summed E-state index contributed by atoms with van der Waals surface area (Å²) in [5.41, 5.74) is 5.28. The zero-order valence-corrected chi connectivity index (χ0v) is 7.40. The smallest absolute Gasteiger partial charge is 0.305 e. The van der Waals surface area contributed by atoms with E-state index >= 15 is 0 Å². The van der Waals surface area contributed by atoms with E-state index in [1.54, 1.807) is 0 Å². The highest BCUT2D eigenvalue weighted by Crippen LogP contribution is 2.22. The van der Waals surface area contributed by atoms with Crippen molar-refractivity contribution in [2.45, 2.75) is 0 Å². The highest BCUT2D eigenvalue weighted by molar-refractivity contribution is 5.87. The normalized spacial score (nSPS) is 10.7. The van der Waals surface area contributed by atoms with Crippen LogP contribution in [0.25, 0.3) is 0 Å². The van der Waals surface area contributed by atoms with Gasteiger partial charge in [0.1, 0.15) is 0 Å². The molecule has 74 valence electrons. The van der Waals surface area contributed by atoms with Crippen LogP contribution < -0.4 is 5.73 Å². The van der Waals surface area contributed by atoms with E-state index in [1.807, 2.05) is 0 Å². The largest absolute Gasteiger partial charge is 0.398 e. The number of nitrogen functional groups attached to an aromatic ring is 1. The Morgan fingerprint density at radius 2 is 2.29 bits per heavy atom. The number of hydrogen-bond donors (Lipinski definition) is 1. The number of nitrogens with zero attached hydrogens (tertiary/aromatic N) is 2. The Hall–Kier alpha value is -1.98. The number of anilines is 1. The molecule has 0 aromatic heterocycles. The Labute approximate surface area is 79.2 Å². The Balaban J connectivity index is 3.34. The highest BCUT2D eigenvalue weighted by atomic mass is 19.1. The molecule has 0 saturated heterocycles. The highest BCUT2D eigenvalue weighted by Gasteiger charge is 2.15. The third-order valence-corrected chi connectivity index (χ3v) is 1.62. The average Bonchev–Trinajstić information content (AvgIpc) is 2.09. The molecular formula is C8H8FN3O2. The molecule has 0 fully saturated rings. The van der Waals surface area contributed by atoms with Gasteiger partial charge in [-0.25, -0.2) is 0 Å². The first kappa shape index (κ1) is 10.1. The van der Waals surface area contributed by atoms with Gasteiger partial charge in [-0.15, -0.1) is 0 Å². The van der Waals surface area contributed by atoms with Crippen molar-refractivity contribution in [1.82, 2.24) is 0 Å². The molecule has 1 rings (SSSR count). The second-order valence-corrected chi connectivity index (χ2v) is 2.58. The van der Waals surface area contributed by atoms with Gasteiger partial charge in [0.05, 0.1) is 4.92 Å². The molecule has 0 bridgehead atoms. The van der Waals surface area contributed by atoms with Crippen LogP contribution in [-0.2, 0) is 0 Å². The fourth-order valence-corrected chi connectivity index (χ4v) is 0.984. The van der Waals surface area contributed by atoms with Gasteiger partial charge in [0.25, 0.3) is 0 Å². The molecule has 0 aliphatic rings. The lowest BCUT2D eigenvalue weighted by atomic mass is 10.1. The Bertz CT molecular complexity index is 404. The molecule has 0 spiro atoms. The van der Waals surface area contributed by atoms with Crippen molar-refractivity contribution in [3.05, 3.63) is 33.6 Å². The maximum atomic E-state index is 13.0. The predicted molar refractivity (Wildman–Crippen MR) is 51.0 cm³/mol. The number of nitro groups is 1. The summed E-state index contributed by atoms with van der Waals surface area (Å²) in [4.78, 5) is 13.2. The van der Waals surface area contributed by atoms with Gasteiger partial charge in [0.2, 0.25) is 5.82 Å². The van der Waals surface area contributed by atoms with Gasteiger partial charge in [0.15, 0.2) is 0 Å². The predicted octanol–water partition coefficient (Wildman–Crippen LogP) is 1.36. The van der Waals surface area contributed by atoms with Crippen molar-refractivity contribution in [3.8, 4) is 0 Å². The number of benzene rings is 1. The second kappa shape index (κ2) is 3.82. The molecule has 14 heavy (non-hydrogen) atoms. The monoisotopic (exact) mass is 197 g/mol. The number of nitro benzene ring substituents is 1. The number of halogens is 1. The molecule has 1 aromatic rings. The Morgan fingerprint density at radius 1 is 1.64 bits per heavy atom. The quantitative estimate of drug-likeness (QED) is 0.336. The van der Waals surface area contributed by atoms with Crippen molar-refractivity contribution in [3.63, 3.8) is 0 Å². The molecule has 5 nitrogen and oxygen atoms in total. The van der Waals surface area contributed by atoms with Crippen LogP contribution in [0.5, 0.6) is 0 Å². The molecular weight excluding hydrogens is 189 g/mol. The van der Waals surface area contributed by atoms with E-state index in [9.17, 15) is 14.5 Å². The number of rotatable bonds is 2. The first-order valence-corrected chi connectivity index (χ1v) is 3.72. The van der Waals surface area contributed by atoms with E-state index in [0.29, 0.717) is 5.56 Å². The van der Waals surface area contributed by atoms with Crippen molar-refractivity contribution < 1.29 is 9.31 Å². The molecule has 2 N–H and O–H groups in total. The van der Waals surface area contributed by atoms with Gasteiger partial charge in [-0.1, -0.05) is 0 Å². The minimum Gasteiger partial charge on any atom is -0.398 e. The Kier molecular flexibility index (Phi) is 2.76. The fourth-order valence-electron chi connectivity index (χ4n) is 0.984. The van der Waals surface area contributed by atoms with Crippen LogP contribution in [0.4, 0.5) is 15.8 Å². The van der Waals surface area contributed by atoms with Crippen LogP contribution in [0, 0.1) is 15.9 Å². The van der Waals surface area contributed by atoms with Crippen LogP contribution in [0.3, 0.4) is 0 Å². The van der Waals surface area contributed by atoms with Gasteiger partial charge in [-0.05, 0) is 0 Å². The summed E-state index contributed by atoms with van der Waals surface area (Å²) in [6.07, 6.45) is 1.34. The molecule has 0 atom stereocenters. The molecule has 0 radical (unpaired) electrons. The minimum atomic E-state index is -0.944. The van der Waals surface area contributed by atoms with Crippen LogP contribution in [0.2, 0.25) is 0 Å². The first-order chi connectivity index (χ1) is 6.56. The third-order valence-electron chi connectivity index (χ3n) is 1.62. The van der Waals surface area contributed by atoms with E-state index in [4.69, 9.17) is 5.73 Å². The van der Waals surface area contributed by atoms with Crippen molar-refractivity contribution in [2.24, 2.45) is 4.99 Å². The van der Waals surface area contributed by atoms with Crippen molar-refractivity contribution in [2.75, 3.05) is 12.8 Å². The zero-order chi connectivity index (χ0) is 10.7. The van der Waals surface area contributed by atoms with Crippen LogP contribution >= 0.6 is 0 Å². The summed E-state index contributed by atoms with van der Waals surface area (Å²) in [6.45, 7) is 0. The van der Waals surface area contributed by atoms with E-state index in [2.05, 4.69) is 4.99 Å². The molecule has 1 aromatic carbocycles. The van der Waals surface area contributed by atoms with E-state index < -0.39 is 16.4 Å². The van der Waals surface area contributed by atoms with E-state index in [1.165, 1.54) is 13.3 Å². The SMILES string of the molecule is CN=Cc1cc([N+](=O)[O-])c(F)cc1N. The maximum Gasteiger partial charge on any atom is 0.305 e. The topological polar surface area (TPSA) is 81.5 Å². The summed E-state index contributed by atoms with van der Waals surface area (Å²) in [5.74, 6) is -0.944. The van der Waals surface area contributed by atoms with Gasteiger partial charge in [-0.2, -0.15) is 4.39 Å². The zero-order valence-electron chi connectivity index (χ0n) is 7.40. The fraction of sp³-hybridized carbons (Fsp3) is 0.125. The summed E-state index contributed by atoms with van der Waals surface area (Å²) in [5, 5.41) is 10.4. The summed E-state index contributed by atoms with van der Waals surface area (Å²) in [7, 11) is 1.49. The van der Waals surface area contributed by atoms with E-state index in [-0.39, 0.29) is 5.69 Å². The molecule has 0 unspecified atom stereocenters. The lowest BCUT2D eigenvalue weighted by Crippen LogP contribution is -1.99. The van der Waals surface area contributed by atoms with Crippen LogP contribution in [0.15, 0.2) is 17.1 Å². The third kappa shape index (κ3) is 1.85. The molecule has 0 heterocycles. The van der Waals surface area contributed by atoms with Crippen molar-refractivity contribution >= 4 is 17.6 Å². The standard InChI is InChI=1S/C8H8FN3O2/c1-11-4-5-2-8(12(13)14)6(9)3-7(5)10/h2-4H,10H2,1H3.